The van der Waals surface area contributed by atoms with Gasteiger partial charge in [0.2, 0.25) is 0 Å². The average Bonchev–Trinajstić information content (AvgIpc) is 3.00. The van der Waals surface area contributed by atoms with Gasteiger partial charge in [-0.3, -0.25) is 9.29 Å². The molecule has 0 aliphatic carbocycles. The smallest absolute Gasteiger partial charge is 0.283 e. The van der Waals surface area contributed by atoms with Gasteiger partial charge in [0.1, 0.15) is 5.82 Å². The van der Waals surface area contributed by atoms with E-state index in [0.717, 1.165) is 37.3 Å². The van der Waals surface area contributed by atoms with Gasteiger partial charge in [-0.15, -0.1) is 0 Å². The molecule has 4 heterocycles. The fourth-order valence-electron chi connectivity index (χ4n) is 3.25. The van der Waals surface area contributed by atoms with Crippen molar-refractivity contribution >= 4 is 21.4 Å². The van der Waals surface area contributed by atoms with Crippen molar-refractivity contribution in [3.8, 4) is 0 Å². The number of fused-ring (bicyclic) bond motifs is 2. The Morgan fingerprint density at radius 3 is 2.83 bits per heavy atom. The van der Waals surface area contributed by atoms with E-state index in [1.807, 2.05) is 22.6 Å². The molecule has 4 rings (SSSR count). The molecule has 0 spiro atoms. The van der Waals surface area contributed by atoms with Crippen LogP contribution in [-0.2, 0) is 23.0 Å². The molecule has 7 nitrogen and oxygen atoms in total. The van der Waals surface area contributed by atoms with E-state index < -0.39 is 10.0 Å². The van der Waals surface area contributed by atoms with Gasteiger partial charge in [0, 0.05) is 39.0 Å². The van der Waals surface area contributed by atoms with Crippen LogP contribution in [0.25, 0.3) is 0 Å². The summed E-state index contributed by atoms with van der Waals surface area (Å²) in [4.78, 5) is 10.5. The highest BCUT2D eigenvalue weighted by Gasteiger charge is 2.33. The lowest BCUT2D eigenvalue weighted by Crippen LogP contribution is -2.42. The molecule has 122 valence electrons. The Kier molecular flexibility index (Phi) is 3.29. The van der Waals surface area contributed by atoms with Gasteiger partial charge in [-0.2, -0.15) is 8.42 Å². The summed E-state index contributed by atoms with van der Waals surface area (Å²) in [6, 6.07) is 1.84. The number of aryl methyl sites for hydroxylation is 2. The van der Waals surface area contributed by atoms with E-state index in [1.165, 1.54) is 4.31 Å². The van der Waals surface area contributed by atoms with Crippen LogP contribution in [0.4, 0.5) is 11.4 Å². The standard InChI is InChI=1S/C15H19N5O2S/c1-18-8-9-20(13-10-16-6-5-12(13)18)23(21,22)15-11-19-7-3-2-4-14(19)17-15/h5-6,10-11H,2-4,7-9H2,1H3. The van der Waals surface area contributed by atoms with Gasteiger partial charge >= 0.3 is 0 Å². The molecule has 0 unspecified atom stereocenters. The van der Waals surface area contributed by atoms with Crippen LogP contribution in [0.15, 0.2) is 29.7 Å². The summed E-state index contributed by atoms with van der Waals surface area (Å²) < 4.78 is 29.6. The minimum Gasteiger partial charge on any atom is -0.371 e. The summed E-state index contributed by atoms with van der Waals surface area (Å²) in [5.41, 5.74) is 1.49. The van der Waals surface area contributed by atoms with Crippen LogP contribution >= 0.6 is 0 Å². The van der Waals surface area contributed by atoms with E-state index in [2.05, 4.69) is 9.97 Å². The van der Waals surface area contributed by atoms with Gasteiger partial charge < -0.3 is 9.47 Å². The van der Waals surface area contributed by atoms with Crippen LogP contribution in [0, 0.1) is 0 Å². The lowest BCUT2D eigenvalue weighted by Gasteiger charge is -2.35. The SMILES string of the molecule is CN1CCN(S(=O)(=O)c2cn3c(n2)CCCC3)c2cnccc21. The first-order chi connectivity index (χ1) is 11.1. The van der Waals surface area contributed by atoms with Crippen molar-refractivity contribution < 1.29 is 8.42 Å². The first-order valence-electron chi connectivity index (χ1n) is 7.81. The number of hydrogen-bond donors (Lipinski definition) is 0. The van der Waals surface area contributed by atoms with Gasteiger partial charge in [0.05, 0.1) is 24.1 Å². The normalized spacial score (nSPS) is 17.8. The lowest BCUT2D eigenvalue weighted by atomic mass is 10.2. The topological polar surface area (TPSA) is 71.3 Å². The highest BCUT2D eigenvalue weighted by Crippen LogP contribution is 2.34. The van der Waals surface area contributed by atoms with E-state index in [0.29, 0.717) is 18.8 Å². The second-order valence-electron chi connectivity index (χ2n) is 6.01. The van der Waals surface area contributed by atoms with Gasteiger partial charge in [-0.1, -0.05) is 0 Å². The van der Waals surface area contributed by atoms with Crippen LogP contribution in [0.5, 0.6) is 0 Å². The number of nitrogens with zero attached hydrogens (tertiary/aromatic N) is 5. The predicted molar refractivity (Wildman–Crippen MR) is 87.2 cm³/mol. The molecular formula is C15H19N5O2S. The summed E-state index contributed by atoms with van der Waals surface area (Å²) in [5, 5.41) is 0.147. The number of likely N-dealkylation sites (N-methyl/N-ethyl adjacent to an activating group) is 1. The van der Waals surface area contributed by atoms with Gasteiger partial charge in [0.25, 0.3) is 10.0 Å². The fourth-order valence-corrected chi connectivity index (χ4v) is 4.68. The van der Waals surface area contributed by atoms with Gasteiger partial charge in [-0.05, 0) is 18.9 Å². The van der Waals surface area contributed by atoms with E-state index in [-0.39, 0.29) is 5.03 Å². The second kappa shape index (κ2) is 5.23. The third kappa shape index (κ3) is 2.28. The second-order valence-corrected chi connectivity index (χ2v) is 7.82. The van der Waals surface area contributed by atoms with E-state index >= 15 is 0 Å². The average molecular weight is 333 g/mol. The zero-order valence-corrected chi connectivity index (χ0v) is 13.8. The van der Waals surface area contributed by atoms with Crippen molar-refractivity contribution in [2.45, 2.75) is 30.8 Å². The Hall–Kier alpha value is -2.09. The summed E-state index contributed by atoms with van der Waals surface area (Å²) in [6.45, 7) is 1.89. The number of aromatic nitrogens is 3. The zero-order valence-electron chi connectivity index (χ0n) is 13.0. The van der Waals surface area contributed by atoms with Crippen LogP contribution < -0.4 is 9.21 Å². The maximum Gasteiger partial charge on any atom is 0.283 e. The minimum absolute atomic E-state index is 0.147. The first-order valence-corrected chi connectivity index (χ1v) is 9.25. The zero-order chi connectivity index (χ0) is 16.0. The minimum atomic E-state index is -3.66. The number of rotatable bonds is 2. The van der Waals surface area contributed by atoms with Crippen LogP contribution in [0.3, 0.4) is 0 Å². The monoisotopic (exact) mass is 333 g/mol. The summed E-state index contributed by atoms with van der Waals surface area (Å²) in [6.07, 6.45) is 7.95. The predicted octanol–water partition coefficient (Wildman–Crippen LogP) is 1.26. The van der Waals surface area contributed by atoms with Crippen LogP contribution in [0.1, 0.15) is 18.7 Å². The lowest BCUT2D eigenvalue weighted by molar-refractivity contribution is 0.522. The third-order valence-corrected chi connectivity index (χ3v) is 6.22. The quantitative estimate of drug-likeness (QED) is 0.827. The molecule has 0 saturated heterocycles. The molecule has 8 heteroatoms. The van der Waals surface area contributed by atoms with Gasteiger partial charge in [0.15, 0.2) is 5.03 Å². The molecule has 0 fully saturated rings. The number of imidazole rings is 1. The summed E-state index contributed by atoms with van der Waals surface area (Å²) in [7, 11) is -1.70. The molecule has 0 aromatic carbocycles. The molecule has 0 amide bonds. The molecular weight excluding hydrogens is 314 g/mol. The van der Waals surface area contributed by atoms with E-state index in [1.54, 1.807) is 18.6 Å². The molecule has 2 aromatic rings. The van der Waals surface area contributed by atoms with Gasteiger partial charge in [-0.25, -0.2) is 4.98 Å². The van der Waals surface area contributed by atoms with Crippen LogP contribution in [-0.4, -0.2) is 43.1 Å². The number of pyridine rings is 1. The highest BCUT2D eigenvalue weighted by atomic mass is 32.2. The molecule has 0 N–H and O–H groups in total. The Bertz CT molecular complexity index is 822. The Balaban J connectivity index is 1.77. The largest absolute Gasteiger partial charge is 0.371 e. The number of anilines is 2. The molecule has 0 saturated carbocycles. The van der Waals surface area contributed by atoms with Crippen molar-refractivity contribution in [3.05, 3.63) is 30.5 Å². The molecule has 2 aliphatic heterocycles. The third-order valence-electron chi connectivity index (χ3n) is 4.54. The molecule has 2 aromatic heterocycles. The molecule has 23 heavy (non-hydrogen) atoms. The maximum atomic E-state index is 13.1. The molecule has 0 atom stereocenters. The highest BCUT2D eigenvalue weighted by molar-refractivity contribution is 7.92. The van der Waals surface area contributed by atoms with Crippen LogP contribution in [0.2, 0.25) is 0 Å². The van der Waals surface area contributed by atoms with E-state index in [4.69, 9.17) is 0 Å². The van der Waals surface area contributed by atoms with Crippen molar-refractivity contribution in [3.63, 3.8) is 0 Å². The molecule has 2 aliphatic rings. The fraction of sp³-hybridized carbons (Fsp3) is 0.467. The Morgan fingerprint density at radius 1 is 1.13 bits per heavy atom. The Morgan fingerprint density at radius 2 is 2.00 bits per heavy atom. The van der Waals surface area contributed by atoms with E-state index in [9.17, 15) is 8.42 Å². The van der Waals surface area contributed by atoms with Crippen molar-refractivity contribution in [2.75, 3.05) is 29.3 Å². The van der Waals surface area contributed by atoms with Crippen molar-refractivity contribution in [2.24, 2.45) is 0 Å². The maximum absolute atomic E-state index is 13.1. The summed E-state index contributed by atoms with van der Waals surface area (Å²) in [5.74, 6) is 0.871. The first kappa shape index (κ1) is 14.5. The Labute approximate surface area is 135 Å². The van der Waals surface area contributed by atoms with Crippen molar-refractivity contribution in [1.82, 2.24) is 14.5 Å². The number of hydrogen-bond acceptors (Lipinski definition) is 5. The summed E-state index contributed by atoms with van der Waals surface area (Å²) >= 11 is 0. The molecule has 0 radical (unpaired) electrons. The van der Waals surface area contributed by atoms with Crippen molar-refractivity contribution in [1.29, 1.82) is 0 Å². The number of sulfonamides is 1. The molecule has 0 bridgehead atoms.